The average molecular weight is 235 g/mol. The van der Waals surface area contributed by atoms with E-state index in [0.717, 1.165) is 6.42 Å². The second kappa shape index (κ2) is 5.46. The third-order valence-electron chi connectivity index (χ3n) is 2.45. The summed E-state index contributed by atoms with van der Waals surface area (Å²) in [6.45, 7) is 0.479. The lowest BCUT2D eigenvalue weighted by atomic mass is 10.2. The molecule has 0 aliphatic carbocycles. The number of hydrogen-bond acceptors (Lipinski definition) is 5. The third-order valence-corrected chi connectivity index (χ3v) is 4.27. The van der Waals surface area contributed by atoms with Gasteiger partial charge in [-0.1, -0.05) is 0 Å². The molecule has 15 heavy (non-hydrogen) atoms. The summed E-state index contributed by atoms with van der Waals surface area (Å²) in [5, 5.41) is 3.06. The molecule has 0 amide bonds. The number of nitrogens with one attached hydrogen (secondary N) is 1. The summed E-state index contributed by atoms with van der Waals surface area (Å²) in [4.78, 5) is 10.8. The van der Waals surface area contributed by atoms with Crippen LogP contribution in [0, 0.1) is 0 Å². The standard InChI is InChI=1S/C9H17NO4S/c1-14-9(11)4-5-10-8-3-2-6-15(12,13)7-8/h8,10H,2-7H2,1H3. The van der Waals surface area contributed by atoms with Crippen molar-refractivity contribution in [3.8, 4) is 0 Å². The van der Waals surface area contributed by atoms with Gasteiger partial charge in [-0.2, -0.15) is 0 Å². The molecule has 1 aliphatic rings. The van der Waals surface area contributed by atoms with Gasteiger partial charge in [-0.05, 0) is 12.8 Å². The van der Waals surface area contributed by atoms with E-state index in [1.807, 2.05) is 0 Å². The molecule has 0 saturated carbocycles. The van der Waals surface area contributed by atoms with Crippen molar-refractivity contribution < 1.29 is 17.9 Å². The molecule has 0 aromatic rings. The fourth-order valence-corrected chi connectivity index (χ4v) is 3.33. The van der Waals surface area contributed by atoms with Crippen molar-refractivity contribution in [3.05, 3.63) is 0 Å². The average Bonchev–Trinajstić information content (AvgIpc) is 2.16. The summed E-state index contributed by atoms with van der Waals surface area (Å²) < 4.78 is 27.0. The highest BCUT2D eigenvalue weighted by molar-refractivity contribution is 7.91. The number of ether oxygens (including phenoxy) is 1. The van der Waals surface area contributed by atoms with Gasteiger partial charge in [0.05, 0.1) is 25.0 Å². The van der Waals surface area contributed by atoms with Crippen LogP contribution in [0.25, 0.3) is 0 Å². The van der Waals surface area contributed by atoms with Crippen molar-refractivity contribution >= 4 is 15.8 Å². The van der Waals surface area contributed by atoms with Gasteiger partial charge >= 0.3 is 5.97 Å². The summed E-state index contributed by atoms with van der Waals surface area (Å²) in [5.74, 6) is 0.206. The summed E-state index contributed by atoms with van der Waals surface area (Å²) in [7, 11) is -1.53. The maximum Gasteiger partial charge on any atom is 0.306 e. The van der Waals surface area contributed by atoms with Gasteiger partial charge in [0.15, 0.2) is 9.84 Å². The van der Waals surface area contributed by atoms with Crippen LogP contribution in [0.5, 0.6) is 0 Å². The molecular weight excluding hydrogens is 218 g/mol. The van der Waals surface area contributed by atoms with Gasteiger partial charge in [0.1, 0.15) is 0 Å². The molecular formula is C9H17NO4S. The van der Waals surface area contributed by atoms with Crippen LogP contribution in [0.3, 0.4) is 0 Å². The van der Waals surface area contributed by atoms with Crippen LogP contribution >= 0.6 is 0 Å². The van der Waals surface area contributed by atoms with E-state index < -0.39 is 9.84 Å². The molecule has 0 spiro atoms. The summed E-state index contributed by atoms with van der Waals surface area (Å²) in [5.41, 5.74) is 0. The summed E-state index contributed by atoms with van der Waals surface area (Å²) in [6.07, 6.45) is 1.85. The van der Waals surface area contributed by atoms with E-state index in [4.69, 9.17) is 0 Å². The Morgan fingerprint density at radius 3 is 2.87 bits per heavy atom. The van der Waals surface area contributed by atoms with Crippen LogP contribution in [-0.4, -0.2) is 45.6 Å². The Labute approximate surface area is 90.1 Å². The van der Waals surface area contributed by atoms with Gasteiger partial charge in [0.2, 0.25) is 0 Å². The molecule has 0 aromatic heterocycles. The molecule has 1 saturated heterocycles. The van der Waals surface area contributed by atoms with Gasteiger partial charge in [0, 0.05) is 12.6 Å². The van der Waals surface area contributed by atoms with Crippen molar-refractivity contribution in [2.24, 2.45) is 0 Å². The first-order valence-corrected chi connectivity index (χ1v) is 6.86. The van der Waals surface area contributed by atoms with Crippen LogP contribution in [-0.2, 0) is 19.4 Å². The lowest BCUT2D eigenvalue weighted by Gasteiger charge is -2.22. The van der Waals surface area contributed by atoms with E-state index in [1.54, 1.807) is 0 Å². The Kier molecular flexibility index (Phi) is 4.53. The van der Waals surface area contributed by atoms with Crippen molar-refractivity contribution in [1.82, 2.24) is 5.32 Å². The topological polar surface area (TPSA) is 72.5 Å². The number of esters is 1. The van der Waals surface area contributed by atoms with E-state index in [0.29, 0.717) is 18.7 Å². The molecule has 6 heteroatoms. The van der Waals surface area contributed by atoms with E-state index in [9.17, 15) is 13.2 Å². The Morgan fingerprint density at radius 1 is 1.53 bits per heavy atom. The number of methoxy groups -OCH3 is 1. The van der Waals surface area contributed by atoms with Gasteiger partial charge in [-0.15, -0.1) is 0 Å². The Bertz CT molecular complexity index is 312. The highest BCUT2D eigenvalue weighted by atomic mass is 32.2. The zero-order valence-electron chi connectivity index (χ0n) is 8.86. The van der Waals surface area contributed by atoms with Crippen LogP contribution in [0.2, 0.25) is 0 Å². The second-order valence-corrected chi connectivity index (χ2v) is 5.96. The predicted octanol–water partition coefficient (Wildman–Crippen LogP) is -0.284. The SMILES string of the molecule is COC(=O)CCNC1CCCS(=O)(=O)C1. The molecule has 1 rings (SSSR count). The second-order valence-electron chi connectivity index (χ2n) is 3.73. The lowest BCUT2D eigenvalue weighted by molar-refractivity contribution is -0.140. The number of sulfone groups is 1. The molecule has 5 nitrogen and oxygen atoms in total. The van der Waals surface area contributed by atoms with E-state index in [1.165, 1.54) is 7.11 Å². The van der Waals surface area contributed by atoms with Gasteiger partial charge in [-0.3, -0.25) is 4.79 Å². The minimum absolute atomic E-state index is 0.00611. The zero-order valence-corrected chi connectivity index (χ0v) is 9.68. The molecule has 1 heterocycles. The molecule has 1 N–H and O–H groups in total. The first-order chi connectivity index (χ1) is 7.03. The van der Waals surface area contributed by atoms with Gasteiger partial charge < -0.3 is 10.1 Å². The van der Waals surface area contributed by atoms with Crippen LogP contribution in [0.1, 0.15) is 19.3 Å². The molecule has 0 bridgehead atoms. The maximum absolute atomic E-state index is 11.3. The smallest absolute Gasteiger partial charge is 0.306 e. The molecule has 1 aliphatic heterocycles. The summed E-state index contributed by atoms with van der Waals surface area (Å²) >= 11 is 0. The predicted molar refractivity (Wildman–Crippen MR) is 56.3 cm³/mol. The normalized spacial score (nSPS) is 24.7. The minimum atomic E-state index is -2.87. The Morgan fingerprint density at radius 2 is 2.27 bits per heavy atom. The minimum Gasteiger partial charge on any atom is -0.469 e. The van der Waals surface area contributed by atoms with Crippen LogP contribution < -0.4 is 5.32 Å². The van der Waals surface area contributed by atoms with E-state index >= 15 is 0 Å². The van der Waals surface area contributed by atoms with Gasteiger partial charge in [-0.25, -0.2) is 8.42 Å². The van der Waals surface area contributed by atoms with Crippen molar-refractivity contribution in [2.45, 2.75) is 25.3 Å². The quantitative estimate of drug-likeness (QED) is 0.678. The fraction of sp³-hybridized carbons (Fsp3) is 0.889. The maximum atomic E-state index is 11.3. The molecule has 1 fully saturated rings. The number of rotatable bonds is 4. The van der Waals surface area contributed by atoms with Crippen molar-refractivity contribution in [1.29, 1.82) is 0 Å². The number of carbonyl (C=O) groups is 1. The third kappa shape index (κ3) is 4.61. The molecule has 0 radical (unpaired) electrons. The van der Waals surface area contributed by atoms with Crippen LogP contribution in [0.4, 0.5) is 0 Å². The number of carbonyl (C=O) groups excluding carboxylic acids is 1. The molecule has 88 valence electrons. The van der Waals surface area contributed by atoms with E-state index in [-0.39, 0.29) is 24.2 Å². The lowest BCUT2D eigenvalue weighted by Crippen LogP contribution is -2.40. The highest BCUT2D eigenvalue weighted by Crippen LogP contribution is 2.11. The zero-order chi connectivity index (χ0) is 11.3. The highest BCUT2D eigenvalue weighted by Gasteiger charge is 2.24. The first kappa shape index (κ1) is 12.4. The van der Waals surface area contributed by atoms with Crippen LogP contribution in [0.15, 0.2) is 0 Å². The van der Waals surface area contributed by atoms with E-state index in [2.05, 4.69) is 10.1 Å². The Hall–Kier alpha value is -0.620. The number of hydrogen-bond donors (Lipinski definition) is 1. The molecule has 1 unspecified atom stereocenters. The Balaban J connectivity index is 2.24. The largest absolute Gasteiger partial charge is 0.469 e. The summed E-state index contributed by atoms with van der Waals surface area (Å²) in [6, 6.07) is -0.00611. The first-order valence-electron chi connectivity index (χ1n) is 5.04. The fourth-order valence-electron chi connectivity index (χ4n) is 1.66. The monoisotopic (exact) mass is 235 g/mol. The van der Waals surface area contributed by atoms with Crippen molar-refractivity contribution in [2.75, 3.05) is 25.2 Å². The van der Waals surface area contributed by atoms with Gasteiger partial charge in [0.25, 0.3) is 0 Å². The molecule has 1 atom stereocenters. The molecule has 0 aromatic carbocycles. The van der Waals surface area contributed by atoms with Crippen molar-refractivity contribution in [3.63, 3.8) is 0 Å².